The molecule has 4 rings (SSSR count). The molecule has 1 fully saturated rings. The number of benzene rings is 2. The van der Waals surface area contributed by atoms with Gasteiger partial charge in [0.2, 0.25) is 0 Å². The predicted molar refractivity (Wildman–Crippen MR) is 125 cm³/mol. The number of fused-ring (bicyclic) bond motifs is 1. The molecule has 32 heavy (non-hydrogen) atoms. The van der Waals surface area contributed by atoms with Crippen LogP contribution in [-0.2, 0) is 26.4 Å². The van der Waals surface area contributed by atoms with Crippen LogP contribution in [0.2, 0.25) is 0 Å². The van der Waals surface area contributed by atoms with E-state index in [9.17, 15) is 16.8 Å². The lowest BCUT2D eigenvalue weighted by Crippen LogP contribution is -2.38. The van der Waals surface area contributed by atoms with E-state index in [4.69, 9.17) is 0 Å². The first-order valence-corrected chi connectivity index (χ1v) is 13.9. The lowest BCUT2D eigenvalue weighted by atomic mass is 10.2. The van der Waals surface area contributed by atoms with Gasteiger partial charge < -0.3 is 5.32 Å². The second-order valence-corrected chi connectivity index (χ2v) is 12.0. The summed E-state index contributed by atoms with van der Waals surface area (Å²) in [5.41, 5.74) is 2.24. The van der Waals surface area contributed by atoms with E-state index in [0.29, 0.717) is 29.5 Å². The highest BCUT2D eigenvalue weighted by Gasteiger charge is 2.26. The first kappa shape index (κ1) is 22.9. The highest BCUT2D eigenvalue weighted by atomic mass is 32.2. The molecule has 0 bridgehead atoms. The number of hydrogen-bond acceptors (Lipinski definition) is 7. The summed E-state index contributed by atoms with van der Waals surface area (Å²) in [6.07, 6.45) is 2.14. The van der Waals surface area contributed by atoms with Gasteiger partial charge in [0.25, 0.3) is 10.0 Å². The van der Waals surface area contributed by atoms with Gasteiger partial charge >= 0.3 is 0 Å². The number of hydrogen-bond donors (Lipinski definition) is 1. The summed E-state index contributed by atoms with van der Waals surface area (Å²) in [5.74, 6) is 0.428. The summed E-state index contributed by atoms with van der Waals surface area (Å²) < 4.78 is 53.4. The first-order chi connectivity index (χ1) is 15.1. The largest absolute Gasteiger partial charge is 0.341 e. The van der Waals surface area contributed by atoms with Crippen LogP contribution in [0.4, 0.5) is 5.69 Å². The SMILES string of the molecule is Cc1ccc2c(c1)S(=O)(=O)N=C(CN1CCCN(Cc3ccccc3S(C)(=O)=O)CC1)N2. The van der Waals surface area contributed by atoms with E-state index in [2.05, 4.69) is 19.5 Å². The number of amidine groups is 1. The topological polar surface area (TPSA) is 99.2 Å². The average Bonchev–Trinajstić information content (AvgIpc) is 2.93. The highest BCUT2D eigenvalue weighted by molar-refractivity contribution is 7.91. The van der Waals surface area contributed by atoms with Crippen molar-refractivity contribution in [3.05, 3.63) is 53.6 Å². The molecule has 0 spiro atoms. The molecule has 1 saturated heterocycles. The summed E-state index contributed by atoms with van der Waals surface area (Å²) in [7, 11) is -6.99. The van der Waals surface area contributed by atoms with Gasteiger partial charge in [-0.2, -0.15) is 8.42 Å². The minimum absolute atomic E-state index is 0.216. The standard InChI is InChI=1S/C22H28N4O4S2/c1-17-8-9-19-21(14-17)32(29,30)24-22(23-19)16-26-11-5-10-25(12-13-26)15-18-6-3-4-7-20(18)31(2,27)28/h3-4,6-9,14H,5,10-13,15-16H2,1-2H3,(H,23,24). The zero-order valence-electron chi connectivity index (χ0n) is 18.3. The summed E-state index contributed by atoms with van der Waals surface area (Å²) in [6.45, 7) is 5.99. The van der Waals surface area contributed by atoms with E-state index >= 15 is 0 Å². The third-order valence-corrected chi connectivity index (χ3v) is 8.30. The summed E-state index contributed by atoms with van der Waals surface area (Å²) >= 11 is 0. The van der Waals surface area contributed by atoms with E-state index in [0.717, 1.165) is 43.7 Å². The summed E-state index contributed by atoms with van der Waals surface area (Å²) in [6, 6.07) is 12.4. The number of sulfonamides is 1. The van der Waals surface area contributed by atoms with Gasteiger partial charge in [-0.25, -0.2) is 8.42 Å². The van der Waals surface area contributed by atoms with Gasteiger partial charge in [-0.1, -0.05) is 24.3 Å². The Hall–Kier alpha value is -2.27. The van der Waals surface area contributed by atoms with Crippen molar-refractivity contribution in [2.75, 3.05) is 44.3 Å². The minimum Gasteiger partial charge on any atom is -0.341 e. The van der Waals surface area contributed by atoms with Gasteiger partial charge in [-0.3, -0.25) is 9.80 Å². The maximum Gasteiger partial charge on any atom is 0.286 e. The maximum absolute atomic E-state index is 12.6. The molecule has 2 aromatic rings. The fourth-order valence-electron chi connectivity index (χ4n) is 4.18. The number of sulfone groups is 1. The van der Waals surface area contributed by atoms with Crippen molar-refractivity contribution in [2.45, 2.75) is 29.7 Å². The monoisotopic (exact) mass is 476 g/mol. The smallest absolute Gasteiger partial charge is 0.286 e. The van der Waals surface area contributed by atoms with E-state index in [1.165, 1.54) is 6.26 Å². The molecule has 0 aliphatic carbocycles. The molecule has 172 valence electrons. The van der Waals surface area contributed by atoms with Crippen molar-refractivity contribution in [1.82, 2.24) is 9.80 Å². The zero-order chi connectivity index (χ0) is 22.9. The van der Waals surface area contributed by atoms with Gasteiger partial charge in [-0.15, -0.1) is 4.40 Å². The predicted octanol–water partition coefficient (Wildman–Crippen LogP) is 2.12. The third kappa shape index (κ3) is 5.20. The number of nitrogens with zero attached hydrogens (tertiary/aromatic N) is 3. The van der Waals surface area contributed by atoms with Gasteiger partial charge in [0.15, 0.2) is 9.84 Å². The molecule has 2 aromatic carbocycles. The molecule has 2 heterocycles. The van der Waals surface area contributed by atoms with Crippen LogP contribution in [0.1, 0.15) is 17.5 Å². The third-order valence-electron chi connectivity index (χ3n) is 5.74. The van der Waals surface area contributed by atoms with Crippen LogP contribution in [-0.4, -0.2) is 71.5 Å². The number of aryl methyl sites for hydroxylation is 1. The fourth-order valence-corrected chi connectivity index (χ4v) is 6.33. The Bertz CT molecular complexity index is 1260. The summed E-state index contributed by atoms with van der Waals surface area (Å²) in [5, 5.41) is 3.17. The van der Waals surface area contributed by atoms with Crippen LogP contribution in [0, 0.1) is 6.92 Å². The molecule has 0 atom stereocenters. The first-order valence-electron chi connectivity index (χ1n) is 10.6. The molecule has 2 aliphatic heterocycles. The Morgan fingerprint density at radius 1 is 1.00 bits per heavy atom. The van der Waals surface area contributed by atoms with Crippen molar-refractivity contribution in [3.8, 4) is 0 Å². The molecule has 0 radical (unpaired) electrons. The molecule has 0 saturated carbocycles. The fraction of sp³-hybridized carbons (Fsp3) is 0.409. The molecule has 8 nitrogen and oxygen atoms in total. The summed E-state index contributed by atoms with van der Waals surface area (Å²) in [4.78, 5) is 5.02. The molecular weight excluding hydrogens is 448 g/mol. The van der Waals surface area contributed by atoms with Crippen LogP contribution in [0.3, 0.4) is 0 Å². The van der Waals surface area contributed by atoms with Crippen LogP contribution >= 0.6 is 0 Å². The Balaban J connectivity index is 1.42. The van der Waals surface area contributed by atoms with Crippen LogP contribution in [0.25, 0.3) is 0 Å². The van der Waals surface area contributed by atoms with E-state index in [1.54, 1.807) is 24.3 Å². The van der Waals surface area contributed by atoms with Crippen molar-refractivity contribution >= 4 is 31.4 Å². The molecule has 2 aliphatic rings. The van der Waals surface area contributed by atoms with Crippen LogP contribution in [0.15, 0.2) is 56.7 Å². The zero-order valence-corrected chi connectivity index (χ0v) is 19.9. The van der Waals surface area contributed by atoms with Crippen molar-refractivity contribution < 1.29 is 16.8 Å². The number of nitrogens with one attached hydrogen (secondary N) is 1. The van der Waals surface area contributed by atoms with Crippen molar-refractivity contribution in [3.63, 3.8) is 0 Å². The molecular formula is C22H28N4O4S2. The van der Waals surface area contributed by atoms with Gasteiger partial charge in [0.05, 0.1) is 17.1 Å². The van der Waals surface area contributed by atoms with E-state index in [-0.39, 0.29) is 4.90 Å². The normalized spacial score (nSPS) is 19.5. The minimum atomic E-state index is -3.71. The lowest BCUT2D eigenvalue weighted by molar-refractivity contribution is 0.263. The average molecular weight is 477 g/mol. The number of rotatable bonds is 5. The quantitative estimate of drug-likeness (QED) is 0.706. The Morgan fingerprint density at radius 2 is 1.69 bits per heavy atom. The maximum atomic E-state index is 12.6. The molecule has 1 N–H and O–H groups in total. The molecule has 10 heteroatoms. The van der Waals surface area contributed by atoms with Crippen LogP contribution in [0.5, 0.6) is 0 Å². The van der Waals surface area contributed by atoms with Gasteiger partial charge in [-0.05, 0) is 55.8 Å². The second-order valence-electron chi connectivity index (χ2n) is 8.42. The van der Waals surface area contributed by atoms with Crippen molar-refractivity contribution in [1.29, 1.82) is 0 Å². The van der Waals surface area contributed by atoms with Gasteiger partial charge in [0, 0.05) is 25.9 Å². The Labute approximate surface area is 189 Å². The van der Waals surface area contributed by atoms with Crippen LogP contribution < -0.4 is 5.32 Å². The second kappa shape index (κ2) is 8.93. The highest BCUT2D eigenvalue weighted by Crippen LogP contribution is 2.28. The molecule has 0 amide bonds. The molecule has 0 aromatic heterocycles. The number of anilines is 1. The van der Waals surface area contributed by atoms with E-state index in [1.807, 2.05) is 25.1 Å². The lowest BCUT2D eigenvalue weighted by Gasteiger charge is -2.25. The van der Waals surface area contributed by atoms with Crippen molar-refractivity contribution in [2.24, 2.45) is 4.40 Å². The molecule has 0 unspecified atom stereocenters. The van der Waals surface area contributed by atoms with E-state index < -0.39 is 19.9 Å². The Kier molecular flexibility index (Phi) is 6.39. The Morgan fingerprint density at radius 3 is 2.41 bits per heavy atom. The van der Waals surface area contributed by atoms with Gasteiger partial charge in [0.1, 0.15) is 10.7 Å².